The largest absolute Gasteiger partial charge is 3.00 e. The first-order valence-corrected chi connectivity index (χ1v) is 23.7. The van der Waals surface area contributed by atoms with Gasteiger partial charge in [0.05, 0.1) is 18.2 Å². The number of nitrogens with zero attached hydrogens (tertiary/aromatic N) is 6. The molecule has 0 N–H and O–H groups in total. The minimum Gasteiger partial charge on any atom is -0.872 e. The van der Waals surface area contributed by atoms with Crippen LogP contribution in [0.4, 0.5) is 0 Å². The zero-order valence-electron chi connectivity index (χ0n) is 45.7. The molecular formula is C57H87N6O3U. The summed E-state index contributed by atoms with van der Waals surface area (Å²) in [5, 5.41) is 64.6. The van der Waals surface area contributed by atoms with Gasteiger partial charge in [0.15, 0.2) is 0 Å². The van der Waals surface area contributed by atoms with Crippen LogP contribution in [-0.4, -0.2) is 54.0 Å². The Morgan fingerprint density at radius 3 is 0.672 bits per heavy atom. The van der Waals surface area contributed by atoms with Crippen LogP contribution < -0.4 is 15.3 Å². The molecule has 0 bridgehead atoms. The molecule has 0 aliphatic carbocycles. The van der Waals surface area contributed by atoms with Crippen molar-refractivity contribution in [1.29, 1.82) is 15.8 Å². The molecule has 1 radical (unpaired) electrons. The summed E-state index contributed by atoms with van der Waals surface area (Å²) in [4.78, 5) is 7.28. The molecule has 0 atom stereocenters. The third-order valence-electron chi connectivity index (χ3n) is 11.9. The Labute approximate surface area is 433 Å². The molecule has 0 saturated carbocycles. The second kappa shape index (κ2) is 25.9. The fourth-order valence-corrected chi connectivity index (χ4v) is 7.77. The Morgan fingerprint density at radius 1 is 0.373 bits per heavy atom. The predicted octanol–water partition coefficient (Wildman–Crippen LogP) is 11.1. The predicted molar refractivity (Wildman–Crippen MR) is 270 cm³/mol. The monoisotopic (exact) mass is 1140 g/mol. The van der Waals surface area contributed by atoms with Crippen LogP contribution in [0.25, 0.3) is 0 Å². The normalized spacial score (nSPS) is 14.6. The van der Waals surface area contributed by atoms with E-state index in [9.17, 15) is 15.3 Å². The molecule has 0 unspecified atom stereocenters. The van der Waals surface area contributed by atoms with Crippen LogP contribution in [0.15, 0.2) is 36.4 Å². The quantitative estimate of drug-likeness (QED) is 0.235. The molecule has 0 spiro atoms. The second-order valence-electron chi connectivity index (χ2n) is 24.0. The van der Waals surface area contributed by atoms with Crippen LogP contribution in [0, 0.1) is 65.1 Å². The van der Waals surface area contributed by atoms with Crippen LogP contribution in [-0.2, 0) is 52.1 Å². The van der Waals surface area contributed by atoms with Crippen molar-refractivity contribution < 1.29 is 46.4 Å². The molecule has 0 aromatic heterocycles. The summed E-state index contributed by atoms with van der Waals surface area (Å²) < 4.78 is 0. The zero-order chi connectivity index (χ0) is 51.4. The standard InChI is InChI=1S/C51H81N3O3.3C2H3N.U/c1-46(2,3)37-25-34(43(55)40(28-37)49(10,11)12)31-52-19-21-53(32-35-26-38(47(4,5)6)29-41(44(35)56)50(13,14)15)23-24-54(22-20-52)33-36-27-39(48(7,8)9)30-42(45(36)57)51(16,17)18;3*1-2-3;/h25-30,55-57H,19-24,31-33H2,1-18H3;3*1H3;/q;;;;+3/p-3. The van der Waals surface area contributed by atoms with Crippen molar-refractivity contribution in [2.45, 2.75) is 198 Å². The van der Waals surface area contributed by atoms with Gasteiger partial charge in [0.2, 0.25) is 0 Å². The van der Waals surface area contributed by atoms with Crippen LogP contribution in [0.1, 0.15) is 195 Å². The maximum atomic E-state index is 14.2. The molecule has 0 amide bonds. The van der Waals surface area contributed by atoms with Gasteiger partial charge in [-0.15, -0.1) is 17.2 Å². The summed E-state index contributed by atoms with van der Waals surface area (Å²) in [6.45, 7) is 49.6. The number of hydrogen-bond acceptors (Lipinski definition) is 9. The van der Waals surface area contributed by atoms with Crippen LogP contribution in [0.3, 0.4) is 0 Å². The molecule has 1 aliphatic rings. The topological polar surface area (TPSA) is 150 Å². The molecule has 3 aromatic rings. The van der Waals surface area contributed by atoms with Crippen LogP contribution in [0.2, 0.25) is 0 Å². The maximum absolute atomic E-state index is 14.2. The van der Waals surface area contributed by atoms with E-state index in [0.29, 0.717) is 19.6 Å². The molecule has 367 valence electrons. The zero-order valence-corrected chi connectivity index (χ0v) is 49.9. The average Bonchev–Trinajstić information content (AvgIpc) is 3.23. The molecule has 1 heterocycles. The van der Waals surface area contributed by atoms with Crippen molar-refractivity contribution >= 4 is 0 Å². The summed E-state index contributed by atoms with van der Waals surface area (Å²) in [5.41, 5.74) is 7.54. The summed E-state index contributed by atoms with van der Waals surface area (Å²) in [6, 6.07) is 18.1. The third kappa shape index (κ3) is 19.8. The van der Waals surface area contributed by atoms with Gasteiger partial charge in [-0.05, 0) is 82.6 Å². The van der Waals surface area contributed by atoms with Crippen molar-refractivity contribution in [3.05, 3.63) is 86.5 Å². The minimum absolute atomic E-state index is 0. The van der Waals surface area contributed by atoms with Crippen molar-refractivity contribution in [2.75, 3.05) is 39.3 Å². The van der Waals surface area contributed by atoms with Crippen molar-refractivity contribution in [3.8, 4) is 35.5 Å². The van der Waals surface area contributed by atoms with Gasteiger partial charge in [0, 0.05) is 79.7 Å². The Hall–Kier alpha value is -3.54. The van der Waals surface area contributed by atoms with Gasteiger partial charge in [-0.1, -0.05) is 161 Å². The van der Waals surface area contributed by atoms with Gasteiger partial charge >= 0.3 is 31.1 Å². The van der Waals surface area contributed by atoms with Gasteiger partial charge in [0.1, 0.15) is 0 Å². The Kier molecular flexibility index (Phi) is 24.5. The molecule has 1 fully saturated rings. The van der Waals surface area contributed by atoms with Crippen molar-refractivity contribution in [3.63, 3.8) is 0 Å². The van der Waals surface area contributed by atoms with Crippen molar-refractivity contribution in [1.82, 2.24) is 14.7 Å². The molecule has 1 aliphatic heterocycles. The van der Waals surface area contributed by atoms with E-state index in [1.54, 1.807) is 18.2 Å². The summed E-state index contributed by atoms with van der Waals surface area (Å²) in [6.07, 6.45) is 0. The van der Waals surface area contributed by atoms with E-state index in [0.717, 1.165) is 72.6 Å². The first-order chi connectivity index (χ1) is 30.0. The van der Waals surface area contributed by atoms with Gasteiger partial charge in [0.25, 0.3) is 0 Å². The smallest absolute Gasteiger partial charge is 0.872 e. The molecule has 1 saturated heterocycles. The van der Waals surface area contributed by atoms with Gasteiger partial charge in [-0.3, -0.25) is 14.7 Å². The first kappa shape index (κ1) is 63.5. The Bertz CT molecular complexity index is 1910. The van der Waals surface area contributed by atoms with Gasteiger partial charge in [-0.2, -0.15) is 15.8 Å². The number of rotatable bonds is 6. The second-order valence-corrected chi connectivity index (χ2v) is 24.0. The first-order valence-electron chi connectivity index (χ1n) is 23.7. The number of benzene rings is 3. The molecule has 3 aromatic carbocycles. The third-order valence-corrected chi connectivity index (χ3v) is 11.9. The summed E-state index contributed by atoms with van der Waals surface area (Å²) in [7, 11) is 0. The fourth-order valence-electron chi connectivity index (χ4n) is 7.77. The van der Waals surface area contributed by atoms with E-state index in [2.05, 4.69) is 176 Å². The molecular weight excluding hydrogens is 1050 g/mol. The SMILES string of the molecule is CC#N.CC#N.CC#N.CC(C)(C)c1cc(CN2CCN(Cc3cc(C(C)(C)C)cc(C(C)(C)C)c3[O-])CCN(Cc3cc(C(C)(C)C)cc(C(C)(C)C)c3[O-])CC2)c([O-])c(C(C)(C)C)c1.[U+3]. The van der Waals surface area contributed by atoms with E-state index in [1.807, 2.05) is 0 Å². The maximum Gasteiger partial charge on any atom is 3.00 e. The fraction of sp³-hybridized carbons (Fsp3) is 0.632. The minimum atomic E-state index is -0.276. The van der Waals surface area contributed by atoms with E-state index < -0.39 is 0 Å². The van der Waals surface area contributed by atoms with E-state index in [-0.39, 0.29) is 80.9 Å². The van der Waals surface area contributed by atoms with Gasteiger partial charge < -0.3 is 15.3 Å². The van der Waals surface area contributed by atoms with Crippen LogP contribution in [0.5, 0.6) is 17.2 Å². The van der Waals surface area contributed by atoms with E-state index in [1.165, 1.54) is 37.5 Å². The summed E-state index contributed by atoms with van der Waals surface area (Å²) >= 11 is 0. The Morgan fingerprint density at radius 2 is 0.537 bits per heavy atom. The molecule has 10 heteroatoms. The Balaban J connectivity index is 0.00000402. The molecule has 9 nitrogen and oxygen atoms in total. The molecule has 4 rings (SSSR count). The average molecular weight is 1140 g/mol. The van der Waals surface area contributed by atoms with Crippen molar-refractivity contribution in [2.24, 2.45) is 0 Å². The summed E-state index contributed by atoms with van der Waals surface area (Å²) in [5.74, 6) is 0.412. The molecule has 67 heavy (non-hydrogen) atoms. The van der Waals surface area contributed by atoms with Crippen LogP contribution >= 0.6 is 0 Å². The number of nitriles is 3. The van der Waals surface area contributed by atoms with E-state index in [4.69, 9.17) is 15.8 Å². The van der Waals surface area contributed by atoms with E-state index >= 15 is 0 Å². The van der Waals surface area contributed by atoms with Gasteiger partial charge in [-0.25, -0.2) is 0 Å². The number of hydrogen-bond donors (Lipinski definition) is 0.